The lowest BCUT2D eigenvalue weighted by Gasteiger charge is -2.12. The standard InChI is InChI=1S/C22H20N2OS/c1-24(2)22(25)26-21-15-6-5-14-20(21)23-16-8-12-18-11-7-10-17-9-3-4-13-19(17)18/h3-7,9-11,13-15,23H,16H2,1-2H3. The summed E-state index contributed by atoms with van der Waals surface area (Å²) in [7, 11) is 3.50. The molecule has 0 aliphatic heterocycles. The molecule has 0 aliphatic carbocycles. The van der Waals surface area contributed by atoms with E-state index in [0.717, 1.165) is 21.5 Å². The molecule has 3 aromatic rings. The average molecular weight is 360 g/mol. The fourth-order valence-corrected chi connectivity index (χ4v) is 3.27. The minimum absolute atomic E-state index is 0.00101. The molecule has 0 atom stereocenters. The van der Waals surface area contributed by atoms with Crippen molar-refractivity contribution in [2.24, 2.45) is 0 Å². The van der Waals surface area contributed by atoms with Gasteiger partial charge < -0.3 is 10.2 Å². The molecule has 0 heterocycles. The largest absolute Gasteiger partial charge is 0.373 e. The number of thioether (sulfide) groups is 1. The van der Waals surface area contributed by atoms with Crippen molar-refractivity contribution >= 4 is 33.5 Å². The predicted octanol–water partition coefficient (Wildman–Crippen LogP) is 5.08. The van der Waals surface area contributed by atoms with Crippen LogP contribution in [-0.4, -0.2) is 30.8 Å². The number of nitrogens with zero attached hydrogens (tertiary/aromatic N) is 1. The molecule has 130 valence electrons. The summed E-state index contributed by atoms with van der Waals surface area (Å²) in [6, 6.07) is 22.2. The Morgan fingerprint density at radius 1 is 1.00 bits per heavy atom. The van der Waals surface area contributed by atoms with Crippen LogP contribution in [-0.2, 0) is 0 Å². The Hall–Kier alpha value is -2.90. The molecule has 0 fully saturated rings. The monoisotopic (exact) mass is 360 g/mol. The number of carbonyl (C=O) groups is 1. The second-order valence-corrected chi connectivity index (χ2v) is 6.93. The summed E-state index contributed by atoms with van der Waals surface area (Å²) in [5, 5.41) is 5.66. The van der Waals surface area contributed by atoms with Crippen LogP contribution in [0.15, 0.2) is 71.6 Å². The molecule has 0 aromatic heterocycles. The zero-order valence-electron chi connectivity index (χ0n) is 14.8. The number of hydrogen-bond acceptors (Lipinski definition) is 3. The molecule has 0 unspecified atom stereocenters. The lowest BCUT2D eigenvalue weighted by Crippen LogP contribution is -2.16. The molecule has 3 rings (SSSR count). The summed E-state index contributed by atoms with van der Waals surface area (Å²) < 4.78 is 0. The summed E-state index contributed by atoms with van der Waals surface area (Å²) >= 11 is 1.21. The summed E-state index contributed by atoms with van der Waals surface area (Å²) in [5.41, 5.74) is 1.94. The van der Waals surface area contributed by atoms with Crippen LogP contribution >= 0.6 is 11.8 Å². The van der Waals surface area contributed by atoms with Crippen molar-refractivity contribution in [2.45, 2.75) is 4.90 Å². The van der Waals surface area contributed by atoms with E-state index >= 15 is 0 Å². The van der Waals surface area contributed by atoms with Crippen molar-refractivity contribution in [2.75, 3.05) is 26.0 Å². The Balaban J connectivity index is 1.71. The molecular weight excluding hydrogens is 340 g/mol. The van der Waals surface area contributed by atoms with Gasteiger partial charge in [0.1, 0.15) is 0 Å². The molecule has 1 N–H and O–H groups in total. The first kappa shape index (κ1) is 17.9. The van der Waals surface area contributed by atoms with Crippen molar-refractivity contribution < 1.29 is 4.79 Å². The van der Waals surface area contributed by atoms with Crippen LogP contribution in [0.1, 0.15) is 5.56 Å². The molecule has 3 aromatic carbocycles. The van der Waals surface area contributed by atoms with Crippen LogP contribution < -0.4 is 5.32 Å². The third-order valence-corrected chi connectivity index (χ3v) is 4.95. The van der Waals surface area contributed by atoms with Gasteiger partial charge in [0.25, 0.3) is 5.24 Å². The lowest BCUT2D eigenvalue weighted by molar-refractivity contribution is 0.241. The zero-order chi connectivity index (χ0) is 18.4. The number of fused-ring (bicyclic) bond motifs is 1. The quantitative estimate of drug-likeness (QED) is 0.522. The van der Waals surface area contributed by atoms with Crippen LogP contribution in [0.5, 0.6) is 0 Å². The molecule has 0 radical (unpaired) electrons. The van der Waals surface area contributed by atoms with E-state index in [2.05, 4.69) is 35.4 Å². The van der Waals surface area contributed by atoms with Crippen molar-refractivity contribution in [3.05, 3.63) is 72.3 Å². The van der Waals surface area contributed by atoms with Gasteiger partial charge in [-0.1, -0.05) is 60.4 Å². The summed E-state index contributed by atoms with van der Waals surface area (Å²) in [5.74, 6) is 6.42. The summed E-state index contributed by atoms with van der Waals surface area (Å²) in [4.78, 5) is 14.4. The SMILES string of the molecule is CN(C)C(=O)Sc1ccccc1NCC#Cc1cccc2ccccc12. The van der Waals surface area contributed by atoms with Crippen LogP contribution in [0, 0.1) is 11.8 Å². The number of hydrogen-bond donors (Lipinski definition) is 1. The number of para-hydroxylation sites is 1. The van der Waals surface area contributed by atoms with E-state index in [1.54, 1.807) is 19.0 Å². The van der Waals surface area contributed by atoms with Gasteiger partial charge in [-0.25, -0.2) is 0 Å². The topological polar surface area (TPSA) is 32.3 Å². The minimum atomic E-state index is 0.00101. The maximum Gasteiger partial charge on any atom is 0.286 e. The third-order valence-electron chi connectivity index (χ3n) is 3.83. The van der Waals surface area contributed by atoms with Gasteiger partial charge in [-0.05, 0) is 40.7 Å². The van der Waals surface area contributed by atoms with Gasteiger partial charge in [-0.15, -0.1) is 0 Å². The molecule has 3 nitrogen and oxygen atoms in total. The molecule has 0 aliphatic rings. The van der Waals surface area contributed by atoms with E-state index in [4.69, 9.17) is 0 Å². The van der Waals surface area contributed by atoms with Gasteiger partial charge in [-0.3, -0.25) is 4.79 Å². The van der Waals surface area contributed by atoms with E-state index in [1.165, 1.54) is 17.1 Å². The van der Waals surface area contributed by atoms with E-state index in [0.29, 0.717) is 6.54 Å². The molecule has 0 saturated heterocycles. The summed E-state index contributed by atoms with van der Waals surface area (Å²) in [6.07, 6.45) is 0. The normalized spacial score (nSPS) is 10.1. The number of anilines is 1. The molecule has 0 bridgehead atoms. The first-order chi connectivity index (χ1) is 12.6. The van der Waals surface area contributed by atoms with Gasteiger partial charge in [0.2, 0.25) is 0 Å². The molecular formula is C22H20N2OS. The van der Waals surface area contributed by atoms with E-state index in [9.17, 15) is 4.79 Å². The zero-order valence-corrected chi connectivity index (χ0v) is 15.6. The van der Waals surface area contributed by atoms with Crippen molar-refractivity contribution in [3.8, 4) is 11.8 Å². The van der Waals surface area contributed by atoms with Crippen LogP contribution in [0.3, 0.4) is 0 Å². The van der Waals surface area contributed by atoms with Gasteiger partial charge in [0.15, 0.2) is 0 Å². The third kappa shape index (κ3) is 4.38. The van der Waals surface area contributed by atoms with Gasteiger partial charge in [0, 0.05) is 30.2 Å². The average Bonchev–Trinajstić information content (AvgIpc) is 2.66. The Morgan fingerprint density at radius 2 is 1.73 bits per heavy atom. The minimum Gasteiger partial charge on any atom is -0.373 e. The predicted molar refractivity (Wildman–Crippen MR) is 111 cm³/mol. The maximum atomic E-state index is 11.9. The Labute approximate surface area is 158 Å². The van der Waals surface area contributed by atoms with Crippen molar-refractivity contribution in [1.82, 2.24) is 4.90 Å². The Morgan fingerprint density at radius 3 is 2.58 bits per heavy atom. The highest BCUT2D eigenvalue weighted by Crippen LogP contribution is 2.28. The van der Waals surface area contributed by atoms with Crippen molar-refractivity contribution in [3.63, 3.8) is 0 Å². The van der Waals surface area contributed by atoms with Gasteiger partial charge >= 0.3 is 0 Å². The van der Waals surface area contributed by atoms with E-state index in [-0.39, 0.29) is 5.24 Å². The highest BCUT2D eigenvalue weighted by atomic mass is 32.2. The smallest absolute Gasteiger partial charge is 0.286 e. The number of benzene rings is 3. The van der Waals surface area contributed by atoms with Crippen LogP contribution in [0.2, 0.25) is 0 Å². The lowest BCUT2D eigenvalue weighted by atomic mass is 10.1. The van der Waals surface area contributed by atoms with E-state index < -0.39 is 0 Å². The van der Waals surface area contributed by atoms with Gasteiger partial charge in [0.05, 0.1) is 6.54 Å². The second-order valence-electron chi connectivity index (χ2n) is 5.94. The second kappa shape index (κ2) is 8.46. The molecule has 0 spiro atoms. The van der Waals surface area contributed by atoms with E-state index in [1.807, 2.05) is 48.5 Å². The number of nitrogens with one attached hydrogen (secondary N) is 1. The molecule has 1 amide bonds. The Kier molecular flexibility index (Phi) is 5.83. The maximum absolute atomic E-state index is 11.9. The molecule has 0 saturated carbocycles. The Bertz CT molecular complexity index is 981. The highest BCUT2D eigenvalue weighted by molar-refractivity contribution is 8.13. The first-order valence-electron chi connectivity index (χ1n) is 8.34. The van der Waals surface area contributed by atoms with Crippen molar-refractivity contribution in [1.29, 1.82) is 0 Å². The summed E-state index contributed by atoms with van der Waals surface area (Å²) in [6.45, 7) is 0.511. The fourth-order valence-electron chi connectivity index (χ4n) is 2.50. The first-order valence-corrected chi connectivity index (χ1v) is 9.15. The molecule has 26 heavy (non-hydrogen) atoms. The molecule has 4 heteroatoms. The number of amides is 1. The number of carbonyl (C=O) groups excluding carboxylic acids is 1. The van der Waals surface area contributed by atoms with Gasteiger partial charge in [-0.2, -0.15) is 0 Å². The number of rotatable bonds is 3. The van der Waals surface area contributed by atoms with Crippen LogP contribution in [0.25, 0.3) is 10.8 Å². The fraction of sp³-hybridized carbons (Fsp3) is 0.136. The van der Waals surface area contributed by atoms with Crippen LogP contribution in [0.4, 0.5) is 10.5 Å². The highest BCUT2D eigenvalue weighted by Gasteiger charge is 2.09.